The van der Waals surface area contributed by atoms with E-state index in [1.165, 1.54) is 25.3 Å². The lowest BCUT2D eigenvalue weighted by Crippen LogP contribution is -2.39. The molecule has 0 spiro atoms. The predicted molar refractivity (Wildman–Crippen MR) is 89.3 cm³/mol. The Morgan fingerprint density at radius 3 is 2.50 bits per heavy atom. The van der Waals surface area contributed by atoms with Crippen LogP contribution in [0.2, 0.25) is 0 Å². The molecule has 9 heteroatoms. The van der Waals surface area contributed by atoms with E-state index in [0.717, 1.165) is 16.7 Å². The third-order valence-corrected chi connectivity index (χ3v) is 4.56. The number of furan rings is 1. The van der Waals surface area contributed by atoms with Gasteiger partial charge in [0, 0.05) is 11.4 Å². The fraction of sp³-hybridized carbons (Fsp3) is 0.294. The van der Waals surface area contributed by atoms with Crippen molar-refractivity contribution in [1.82, 2.24) is 4.90 Å². The van der Waals surface area contributed by atoms with Gasteiger partial charge < -0.3 is 14.4 Å². The van der Waals surface area contributed by atoms with Gasteiger partial charge in [0.15, 0.2) is 0 Å². The van der Waals surface area contributed by atoms with Crippen molar-refractivity contribution >= 4 is 23.6 Å². The van der Waals surface area contributed by atoms with Crippen molar-refractivity contribution in [2.75, 3.05) is 13.1 Å². The van der Waals surface area contributed by atoms with E-state index < -0.39 is 24.6 Å². The molecule has 0 aliphatic rings. The lowest BCUT2D eigenvalue weighted by molar-refractivity contribution is -0.140. The molecule has 1 heterocycles. The molecule has 2 aromatic rings. The first-order valence-corrected chi connectivity index (χ1v) is 8.59. The Balaban J connectivity index is 2.20. The number of nitrogens with zero attached hydrogens (tertiary/aromatic N) is 1. The third-order valence-electron chi connectivity index (χ3n) is 3.49. The molecule has 0 fully saturated rings. The van der Waals surface area contributed by atoms with Gasteiger partial charge in [0.2, 0.25) is 0 Å². The van der Waals surface area contributed by atoms with Gasteiger partial charge in [0.25, 0.3) is 5.91 Å². The second-order valence-corrected chi connectivity index (χ2v) is 6.30. The highest BCUT2D eigenvalue weighted by molar-refractivity contribution is 7.98. The van der Waals surface area contributed by atoms with Crippen LogP contribution in [0.25, 0.3) is 0 Å². The number of carbonyl (C=O) groups is 2. The highest BCUT2D eigenvalue weighted by atomic mass is 32.2. The number of hydrogen-bond acceptors (Lipinski definition) is 4. The monoisotopic (exact) mass is 387 g/mol. The van der Waals surface area contributed by atoms with Crippen LogP contribution in [-0.4, -0.2) is 41.1 Å². The lowest BCUT2D eigenvalue weighted by atomic mass is 10.2. The maximum atomic E-state index is 12.7. The van der Waals surface area contributed by atoms with Gasteiger partial charge in [-0.15, -0.1) is 11.8 Å². The molecule has 0 saturated heterocycles. The molecule has 0 atom stereocenters. The van der Waals surface area contributed by atoms with Gasteiger partial charge in [-0.05, 0) is 25.1 Å². The number of amides is 1. The lowest BCUT2D eigenvalue weighted by Gasteiger charge is -2.23. The third kappa shape index (κ3) is 5.04. The molecule has 140 valence electrons. The summed E-state index contributed by atoms with van der Waals surface area (Å²) >= 11 is 1.12. The molecule has 0 bridgehead atoms. The summed E-state index contributed by atoms with van der Waals surface area (Å²) in [7, 11) is 0. The Labute approximate surface area is 151 Å². The van der Waals surface area contributed by atoms with Crippen molar-refractivity contribution in [2.45, 2.75) is 23.7 Å². The fourth-order valence-corrected chi connectivity index (χ4v) is 3.27. The molecule has 1 aromatic carbocycles. The molecule has 2 rings (SSSR count). The van der Waals surface area contributed by atoms with E-state index in [0.29, 0.717) is 4.90 Å². The summed E-state index contributed by atoms with van der Waals surface area (Å²) in [5.41, 5.74) is 0.139. The number of alkyl halides is 3. The summed E-state index contributed by atoms with van der Waals surface area (Å²) in [6, 6.07) is 7.58. The number of aromatic carboxylic acids is 1. The van der Waals surface area contributed by atoms with Crippen molar-refractivity contribution in [3.8, 4) is 0 Å². The molecule has 26 heavy (non-hydrogen) atoms. The summed E-state index contributed by atoms with van der Waals surface area (Å²) in [5.74, 6) is -1.52. The van der Waals surface area contributed by atoms with Crippen molar-refractivity contribution in [2.24, 2.45) is 0 Å². The van der Waals surface area contributed by atoms with Crippen LogP contribution in [-0.2, 0) is 5.75 Å². The number of carboxylic acids is 1. The highest BCUT2D eigenvalue weighted by Gasteiger charge is 2.33. The van der Waals surface area contributed by atoms with E-state index >= 15 is 0 Å². The first kappa shape index (κ1) is 19.9. The van der Waals surface area contributed by atoms with Crippen LogP contribution in [0.15, 0.2) is 45.9 Å². The largest absolute Gasteiger partial charge is 0.478 e. The fourth-order valence-electron chi connectivity index (χ4n) is 2.27. The number of rotatable bonds is 7. The topological polar surface area (TPSA) is 70.8 Å². The zero-order chi connectivity index (χ0) is 19.3. The molecule has 1 N–H and O–H groups in total. The molecule has 0 saturated carbocycles. The number of halogens is 3. The molecule has 0 unspecified atom stereocenters. The first-order valence-electron chi connectivity index (χ1n) is 7.60. The number of carboxylic acid groups (broad SMARTS) is 1. The second kappa shape index (κ2) is 8.31. The van der Waals surface area contributed by atoms with Crippen LogP contribution in [0.4, 0.5) is 13.2 Å². The zero-order valence-corrected chi connectivity index (χ0v) is 14.6. The second-order valence-electron chi connectivity index (χ2n) is 5.28. The average Bonchev–Trinajstić information content (AvgIpc) is 3.05. The van der Waals surface area contributed by atoms with E-state index in [4.69, 9.17) is 9.52 Å². The summed E-state index contributed by atoms with van der Waals surface area (Å²) in [6.45, 7) is 0.0583. The molecule has 0 radical (unpaired) electrons. The van der Waals surface area contributed by atoms with Crippen LogP contribution in [0.1, 0.15) is 33.4 Å². The van der Waals surface area contributed by atoms with Crippen LogP contribution >= 0.6 is 11.8 Å². The van der Waals surface area contributed by atoms with Crippen molar-refractivity contribution in [1.29, 1.82) is 0 Å². The number of thioether (sulfide) groups is 1. The Morgan fingerprint density at radius 2 is 1.88 bits per heavy atom. The van der Waals surface area contributed by atoms with Gasteiger partial charge in [0.1, 0.15) is 17.9 Å². The van der Waals surface area contributed by atoms with E-state index in [1.807, 2.05) is 0 Å². The Morgan fingerprint density at radius 1 is 1.19 bits per heavy atom. The van der Waals surface area contributed by atoms with Crippen LogP contribution < -0.4 is 0 Å². The SMILES string of the molecule is CCN(CC(F)(F)F)C(=O)c1ccccc1SCc1occc1C(=O)O. The van der Waals surface area contributed by atoms with Gasteiger partial charge >= 0.3 is 12.1 Å². The van der Waals surface area contributed by atoms with Gasteiger partial charge in [-0.25, -0.2) is 4.79 Å². The van der Waals surface area contributed by atoms with Crippen LogP contribution in [0, 0.1) is 0 Å². The summed E-state index contributed by atoms with van der Waals surface area (Å²) in [5, 5.41) is 9.07. The molecular weight excluding hydrogens is 371 g/mol. The molecule has 0 aliphatic heterocycles. The summed E-state index contributed by atoms with van der Waals surface area (Å²) in [6.07, 6.45) is -3.24. The Kier molecular flexibility index (Phi) is 6.36. The van der Waals surface area contributed by atoms with Crippen molar-refractivity contribution < 1.29 is 32.3 Å². The van der Waals surface area contributed by atoms with Crippen LogP contribution in [0.3, 0.4) is 0 Å². The molecule has 5 nitrogen and oxygen atoms in total. The van der Waals surface area contributed by atoms with E-state index in [9.17, 15) is 22.8 Å². The Bertz CT molecular complexity index is 788. The van der Waals surface area contributed by atoms with E-state index in [1.54, 1.807) is 18.2 Å². The van der Waals surface area contributed by atoms with Gasteiger partial charge in [-0.2, -0.15) is 13.2 Å². The summed E-state index contributed by atoms with van der Waals surface area (Å²) in [4.78, 5) is 24.8. The molecular formula is C17H16F3NO4S. The van der Waals surface area contributed by atoms with E-state index in [2.05, 4.69) is 0 Å². The van der Waals surface area contributed by atoms with Gasteiger partial charge in [-0.3, -0.25) is 4.79 Å². The highest BCUT2D eigenvalue weighted by Crippen LogP contribution is 2.29. The van der Waals surface area contributed by atoms with Crippen LogP contribution in [0.5, 0.6) is 0 Å². The normalized spacial score (nSPS) is 11.4. The number of carbonyl (C=O) groups excluding carboxylic acids is 1. The van der Waals surface area contributed by atoms with Crippen molar-refractivity contribution in [3.05, 3.63) is 53.5 Å². The smallest absolute Gasteiger partial charge is 0.406 e. The number of hydrogen-bond donors (Lipinski definition) is 1. The van der Waals surface area contributed by atoms with Gasteiger partial charge in [0.05, 0.1) is 17.6 Å². The Hall–Kier alpha value is -2.42. The molecule has 0 aliphatic carbocycles. The standard InChI is InChI=1S/C17H16F3NO4S/c1-2-21(10-17(18,19)20)15(22)12-5-3-4-6-14(12)26-9-13-11(16(23)24)7-8-25-13/h3-8H,2,9-10H2,1H3,(H,23,24). The molecule has 1 amide bonds. The number of benzene rings is 1. The predicted octanol–water partition coefficient (Wildman–Crippen LogP) is 4.29. The van der Waals surface area contributed by atoms with Gasteiger partial charge in [-0.1, -0.05) is 12.1 Å². The minimum atomic E-state index is -4.49. The van der Waals surface area contributed by atoms with E-state index in [-0.39, 0.29) is 29.2 Å². The summed E-state index contributed by atoms with van der Waals surface area (Å²) < 4.78 is 43.1. The average molecular weight is 387 g/mol. The first-order chi connectivity index (χ1) is 12.2. The van der Waals surface area contributed by atoms with Crippen molar-refractivity contribution in [3.63, 3.8) is 0 Å². The zero-order valence-electron chi connectivity index (χ0n) is 13.7. The minimum absolute atomic E-state index is 0.00793. The quantitative estimate of drug-likeness (QED) is 0.718. The maximum Gasteiger partial charge on any atom is 0.406 e. The molecule has 1 aromatic heterocycles. The minimum Gasteiger partial charge on any atom is -0.478 e. The maximum absolute atomic E-state index is 12.7.